The van der Waals surface area contributed by atoms with Gasteiger partial charge in [0.25, 0.3) is 0 Å². The first-order valence-corrected chi connectivity index (χ1v) is 5.80. The first-order chi connectivity index (χ1) is 7.84. The number of carbonyl (C=O) groups excluding carboxylic acids is 1. The van der Waals surface area contributed by atoms with E-state index in [-0.39, 0.29) is 12.4 Å². The molecule has 0 bridgehead atoms. The van der Waals surface area contributed by atoms with Crippen molar-refractivity contribution in [1.29, 1.82) is 0 Å². The van der Waals surface area contributed by atoms with E-state index in [9.17, 15) is 4.79 Å². The Balaban J connectivity index is 1.80. The van der Waals surface area contributed by atoms with Gasteiger partial charge < -0.3 is 4.74 Å². The Hall–Kier alpha value is -1.68. The van der Waals surface area contributed by atoms with Crippen LogP contribution >= 0.6 is 11.3 Å². The van der Waals surface area contributed by atoms with Gasteiger partial charge in [0, 0.05) is 11.6 Å². The number of para-hydroxylation sites is 1. The molecule has 0 unspecified atom stereocenters. The fourth-order valence-electron chi connectivity index (χ4n) is 1.24. The Kier molecular flexibility index (Phi) is 3.66. The molecule has 1 aromatic heterocycles. The molecule has 0 aliphatic rings. The molecule has 82 valence electrons. The second kappa shape index (κ2) is 5.42. The first-order valence-electron chi connectivity index (χ1n) is 4.92. The number of hydrogen-bond donors (Lipinski definition) is 0. The number of aromatic nitrogens is 1. The highest BCUT2D eigenvalue weighted by Crippen LogP contribution is 2.09. The van der Waals surface area contributed by atoms with Gasteiger partial charge in [-0.25, -0.2) is 4.98 Å². The van der Waals surface area contributed by atoms with Crippen molar-refractivity contribution in [1.82, 2.24) is 4.98 Å². The third-order valence-corrected chi connectivity index (χ3v) is 2.75. The van der Waals surface area contributed by atoms with E-state index in [0.717, 1.165) is 10.8 Å². The summed E-state index contributed by atoms with van der Waals surface area (Å²) in [6.45, 7) is 0.101. The van der Waals surface area contributed by atoms with Crippen LogP contribution in [0, 0.1) is 0 Å². The number of ketones is 1. The lowest BCUT2D eigenvalue weighted by Gasteiger charge is -2.03. The Morgan fingerprint density at radius 1 is 1.31 bits per heavy atom. The van der Waals surface area contributed by atoms with Crippen molar-refractivity contribution >= 4 is 17.1 Å². The SMILES string of the molecule is O=C(COc1ccccc1)Cc1nccs1. The van der Waals surface area contributed by atoms with Crippen LogP contribution in [-0.4, -0.2) is 17.4 Å². The van der Waals surface area contributed by atoms with E-state index in [1.807, 2.05) is 35.7 Å². The van der Waals surface area contributed by atoms with Gasteiger partial charge in [-0.15, -0.1) is 11.3 Å². The number of rotatable bonds is 5. The zero-order valence-corrected chi connectivity index (χ0v) is 9.44. The van der Waals surface area contributed by atoms with Crippen LogP contribution in [0.2, 0.25) is 0 Å². The second-order valence-electron chi connectivity index (χ2n) is 3.24. The largest absolute Gasteiger partial charge is 0.486 e. The van der Waals surface area contributed by atoms with Crippen molar-refractivity contribution in [2.75, 3.05) is 6.61 Å². The van der Waals surface area contributed by atoms with Crippen molar-refractivity contribution in [2.45, 2.75) is 6.42 Å². The molecule has 3 nitrogen and oxygen atoms in total. The Morgan fingerprint density at radius 2 is 2.12 bits per heavy atom. The Bertz CT molecular complexity index is 439. The van der Waals surface area contributed by atoms with Crippen LogP contribution in [0.4, 0.5) is 0 Å². The summed E-state index contributed by atoms with van der Waals surface area (Å²) in [6.07, 6.45) is 2.05. The number of hydrogen-bond acceptors (Lipinski definition) is 4. The Morgan fingerprint density at radius 3 is 2.81 bits per heavy atom. The van der Waals surface area contributed by atoms with Gasteiger partial charge in [-0.3, -0.25) is 4.79 Å². The van der Waals surface area contributed by atoms with Crippen LogP contribution in [0.3, 0.4) is 0 Å². The normalized spacial score (nSPS) is 10.0. The highest BCUT2D eigenvalue weighted by molar-refractivity contribution is 7.09. The molecule has 0 fully saturated rings. The monoisotopic (exact) mass is 233 g/mol. The van der Waals surface area contributed by atoms with Crippen LogP contribution in [-0.2, 0) is 11.2 Å². The average molecular weight is 233 g/mol. The van der Waals surface area contributed by atoms with Crippen molar-refractivity contribution in [3.8, 4) is 5.75 Å². The predicted octanol–water partition coefficient (Wildman–Crippen LogP) is 2.33. The minimum Gasteiger partial charge on any atom is -0.486 e. The average Bonchev–Trinajstić information content (AvgIpc) is 2.81. The lowest BCUT2D eigenvalue weighted by atomic mass is 10.3. The van der Waals surface area contributed by atoms with Gasteiger partial charge in [0.2, 0.25) is 0 Å². The maximum Gasteiger partial charge on any atom is 0.176 e. The molecule has 0 N–H and O–H groups in total. The van der Waals surface area contributed by atoms with Crippen LogP contribution in [0.5, 0.6) is 5.75 Å². The van der Waals surface area contributed by atoms with Crippen LogP contribution in [0.15, 0.2) is 41.9 Å². The summed E-state index contributed by atoms with van der Waals surface area (Å²) in [5, 5.41) is 2.70. The first kappa shape index (κ1) is 10.8. The highest BCUT2D eigenvalue weighted by atomic mass is 32.1. The third-order valence-electron chi connectivity index (χ3n) is 1.97. The summed E-state index contributed by atoms with van der Waals surface area (Å²) < 4.78 is 5.34. The number of benzene rings is 1. The zero-order chi connectivity index (χ0) is 11.2. The minimum atomic E-state index is 0.0406. The lowest BCUT2D eigenvalue weighted by Crippen LogP contribution is -2.13. The molecular formula is C12H11NO2S. The fraction of sp³-hybridized carbons (Fsp3) is 0.167. The van der Waals surface area contributed by atoms with Crippen LogP contribution in [0.1, 0.15) is 5.01 Å². The van der Waals surface area contributed by atoms with Crippen LogP contribution in [0.25, 0.3) is 0 Å². The number of thiazole rings is 1. The standard InChI is InChI=1S/C12H11NO2S/c14-10(8-12-13-6-7-16-12)9-15-11-4-2-1-3-5-11/h1-7H,8-9H2. The molecule has 0 atom stereocenters. The molecule has 0 spiro atoms. The van der Waals surface area contributed by atoms with E-state index in [0.29, 0.717) is 6.42 Å². The van der Waals surface area contributed by atoms with Gasteiger partial charge in [0.05, 0.1) is 11.4 Å². The van der Waals surface area contributed by atoms with Crippen molar-refractivity contribution in [2.24, 2.45) is 0 Å². The van der Waals surface area contributed by atoms with Gasteiger partial charge >= 0.3 is 0 Å². The van der Waals surface area contributed by atoms with Crippen LogP contribution < -0.4 is 4.74 Å². The topological polar surface area (TPSA) is 39.2 Å². The summed E-state index contributed by atoms with van der Waals surface area (Å²) in [7, 11) is 0. The Labute approximate surface area is 97.7 Å². The van der Waals surface area contributed by atoms with E-state index in [1.54, 1.807) is 6.20 Å². The summed E-state index contributed by atoms with van der Waals surface area (Å²) >= 11 is 1.49. The molecule has 2 aromatic rings. The molecule has 1 heterocycles. The maximum absolute atomic E-state index is 11.5. The summed E-state index contributed by atoms with van der Waals surface area (Å²) in [4.78, 5) is 15.6. The van der Waals surface area contributed by atoms with Gasteiger partial charge in [-0.2, -0.15) is 0 Å². The molecule has 4 heteroatoms. The fourth-order valence-corrected chi connectivity index (χ4v) is 1.89. The van der Waals surface area contributed by atoms with E-state index >= 15 is 0 Å². The van der Waals surface area contributed by atoms with Gasteiger partial charge in [-0.05, 0) is 12.1 Å². The molecule has 0 saturated heterocycles. The molecule has 0 saturated carbocycles. The highest BCUT2D eigenvalue weighted by Gasteiger charge is 2.06. The minimum absolute atomic E-state index is 0.0406. The van der Waals surface area contributed by atoms with E-state index in [1.165, 1.54) is 11.3 Å². The number of nitrogens with zero attached hydrogens (tertiary/aromatic N) is 1. The van der Waals surface area contributed by atoms with Crippen molar-refractivity contribution in [3.05, 3.63) is 46.9 Å². The quantitative estimate of drug-likeness (QED) is 0.795. The summed E-state index contributed by atoms with van der Waals surface area (Å²) in [5.74, 6) is 0.758. The van der Waals surface area contributed by atoms with E-state index < -0.39 is 0 Å². The summed E-state index contributed by atoms with van der Waals surface area (Å²) in [5.41, 5.74) is 0. The molecule has 0 aliphatic heterocycles. The van der Waals surface area contributed by atoms with Gasteiger partial charge in [-0.1, -0.05) is 18.2 Å². The zero-order valence-electron chi connectivity index (χ0n) is 8.63. The molecule has 0 radical (unpaired) electrons. The molecule has 1 aromatic carbocycles. The third kappa shape index (κ3) is 3.17. The predicted molar refractivity (Wildman–Crippen MR) is 62.8 cm³/mol. The lowest BCUT2D eigenvalue weighted by molar-refractivity contribution is -0.120. The number of ether oxygens (including phenoxy) is 1. The van der Waals surface area contributed by atoms with E-state index in [4.69, 9.17) is 4.74 Å². The molecule has 0 aliphatic carbocycles. The van der Waals surface area contributed by atoms with Crippen molar-refractivity contribution in [3.63, 3.8) is 0 Å². The van der Waals surface area contributed by atoms with Crippen molar-refractivity contribution < 1.29 is 9.53 Å². The molecule has 2 rings (SSSR count). The van der Waals surface area contributed by atoms with E-state index in [2.05, 4.69) is 4.98 Å². The number of Topliss-reactive ketones (excluding diaryl/α,β-unsaturated/α-hetero) is 1. The maximum atomic E-state index is 11.5. The van der Waals surface area contributed by atoms with Gasteiger partial charge in [0.15, 0.2) is 5.78 Å². The smallest absolute Gasteiger partial charge is 0.176 e. The molecular weight excluding hydrogens is 222 g/mol. The second-order valence-corrected chi connectivity index (χ2v) is 4.22. The molecule has 0 amide bonds. The summed E-state index contributed by atoms with van der Waals surface area (Å²) in [6, 6.07) is 9.32. The molecule has 16 heavy (non-hydrogen) atoms. The number of carbonyl (C=O) groups is 1. The van der Waals surface area contributed by atoms with Gasteiger partial charge in [0.1, 0.15) is 12.4 Å².